The summed E-state index contributed by atoms with van der Waals surface area (Å²) < 4.78 is 16.1. The predicted octanol–water partition coefficient (Wildman–Crippen LogP) is 2.15. The Labute approximate surface area is 125 Å². The molecule has 2 rings (SSSR count). The van der Waals surface area contributed by atoms with Crippen LogP contribution in [0.4, 0.5) is 4.79 Å². The number of ether oxygens (including phenoxy) is 3. The van der Waals surface area contributed by atoms with Gasteiger partial charge in [-0.05, 0) is 41.5 Å². The van der Waals surface area contributed by atoms with Gasteiger partial charge in [0.25, 0.3) is 0 Å². The number of nitrogens with one attached hydrogen (secondary N) is 1. The van der Waals surface area contributed by atoms with Gasteiger partial charge >= 0.3 is 12.1 Å². The first-order chi connectivity index (χ1) is 9.40. The highest BCUT2D eigenvalue weighted by atomic mass is 16.6. The van der Waals surface area contributed by atoms with Gasteiger partial charge in [-0.15, -0.1) is 0 Å². The van der Waals surface area contributed by atoms with E-state index in [4.69, 9.17) is 14.2 Å². The molecule has 0 aromatic rings. The Morgan fingerprint density at radius 1 is 1.00 bits per heavy atom. The summed E-state index contributed by atoms with van der Waals surface area (Å²) in [4.78, 5) is 24.5. The Bertz CT molecular complexity index is 436. The Morgan fingerprint density at radius 2 is 1.48 bits per heavy atom. The monoisotopic (exact) mass is 299 g/mol. The summed E-state index contributed by atoms with van der Waals surface area (Å²) in [5.74, 6) is -0.420. The molecular weight excluding hydrogens is 274 g/mol. The lowest BCUT2D eigenvalue weighted by Crippen LogP contribution is -2.56. The van der Waals surface area contributed by atoms with Crippen LogP contribution in [0.2, 0.25) is 0 Å². The van der Waals surface area contributed by atoms with Gasteiger partial charge in [0.1, 0.15) is 16.7 Å². The Morgan fingerprint density at radius 3 is 1.90 bits per heavy atom. The molecule has 21 heavy (non-hydrogen) atoms. The smallest absolute Gasteiger partial charge is 0.408 e. The lowest BCUT2D eigenvalue weighted by molar-refractivity contribution is -0.164. The molecule has 1 N–H and O–H groups in total. The Balaban J connectivity index is 2.08. The number of esters is 1. The molecule has 1 saturated carbocycles. The van der Waals surface area contributed by atoms with Crippen LogP contribution in [0.1, 0.15) is 54.4 Å². The molecule has 0 aromatic heterocycles. The maximum atomic E-state index is 12.5. The molecule has 1 heterocycles. The minimum Gasteiger partial charge on any atom is -0.458 e. The molecule has 0 spiro atoms. The first-order valence-electron chi connectivity index (χ1n) is 7.30. The van der Waals surface area contributed by atoms with Gasteiger partial charge < -0.3 is 19.5 Å². The second kappa shape index (κ2) is 4.87. The fourth-order valence-electron chi connectivity index (χ4n) is 2.50. The number of hydrogen-bond donors (Lipinski definition) is 1. The lowest BCUT2D eigenvalue weighted by atomic mass is 9.96. The van der Waals surface area contributed by atoms with E-state index in [9.17, 15) is 9.59 Å². The summed E-state index contributed by atoms with van der Waals surface area (Å²) >= 11 is 0. The van der Waals surface area contributed by atoms with Crippen molar-refractivity contribution in [3.05, 3.63) is 0 Å². The molecule has 6 nitrogen and oxygen atoms in total. The van der Waals surface area contributed by atoms with Crippen molar-refractivity contribution >= 4 is 12.1 Å². The van der Waals surface area contributed by atoms with Crippen LogP contribution in [0.5, 0.6) is 0 Å². The van der Waals surface area contributed by atoms with Crippen molar-refractivity contribution in [3.8, 4) is 0 Å². The molecule has 1 saturated heterocycles. The predicted molar refractivity (Wildman–Crippen MR) is 75.8 cm³/mol. The maximum Gasteiger partial charge on any atom is 0.408 e. The van der Waals surface area contributed by atoms with Gasteiger partial charge in [-0.1, -0.05) is 0 Å². The molecule has 6 heteroatoms. The van der Waals surface area contributed by atoms with Gasteiger partial charge in [0, 0.05) is 12.8 Å². The van der Waals surface area contributed by atoms with E-state index in [-0.39, 0.29) is 12.2 Å². The molecule has 120 valence electrons. The first-order valence-corrected chi connectivity index (χ1v) is 7.30. The van der Waals surface area contributed by atoms with Gasteiger partial charge in [0.05, 0.1) is 12.2 Å². The van der Waals surface area contributed by atoms with Crippen LogP contribution in [-0.2, 0) is 19.0 Å². The number of carbonyl (C=O) groups excluding carboxylic acids is 2. The fourth-order valence-corrected chi connectivity index (χ4v) is 2.50. The van der Waals surface area contributed by atoms with Crippen molar-refractivity contribution in [2.24, 2.45) is 0 Å². The lowest BCUT2D eigenvalue weighted by Gasteiger charge is -2.33. The molecule has 2 aliphatic rings. The zero-order chi connectivity index (χ0) is 16.1. The Hall–Kier alpha value is -1.30. The van der Waals surface area contributed by atoms with Crippen molar-refractivity contribution in [2.75, 3.05) is 0 Å². The minimum absolute atomic E-state index is 0.0347. The molecule has 0 bridgehead atoms. The van der Waals surface area contributed by atoms with Gasteiger partial charge in [-0.2, -0.15) is 0 Å². The number of amides is 1. The van der Waals surface area contributed by atoms with Crippen LogP contribution in [-0.4, -0.2) is 41.0 Å². The number of fused-ring (bicyclic) bond motifs is 1. The average Bonchev–Trinajstić information content (AvgIpc) is 2.81. The van der Waals surface area contributed by atoms with Crippen LogP contribution in [0.3, 0.4) is 0 Å². The number of rotatable bonds is 2. The SMILES string of the molecule is CC(C)(C)OC(=O)NC1(C(=O)OC(C)(C)C)C[C@@H]2O[C@H]2C1. The molecule has 1 aliphatic heterocycles. The van der Waals surface area contributed by atoms with Crippen molar-refractivity contribution in [1.82, 2.24) is 5.32 Å². The summed E-state index contributed by atoms with van der Waals surface area (Å²) in [5, 5.41) is 2.72. The number of alkyl carbamates (subject to hydrolysis) is 1. The van der Waals surface area contributed by atoms with Gasteiger partial charge in [0.15, 0.2) is 0 Å². The van der Waals surface area contributed by atoms with E-state index in [1.807, 2.05) is 0 Å². The normalized spacial score (nSPS) is 26.8. The highest BCUT2D eigenvalue weighted by molar-refractivity contribution is 5.87. The molecule has 0 unspecified atom stereocenters. The highest BCUT2D eigenvalue weighted by Crippen LogP contribution is 2.45. The maximum absolute atomic E-state index is 12.5. The number of hydrogen-bond acceptors (Lipinski definition) is 5. The summed E-state index contributed by atoms with van der Waals surface area (Å²) in [6.45, 7) is 10.8. The largest absolute Gasteiger partial charge is 0.458 e. The van der Waals surface area contributed by atoms with Gasteiger partial charge in [0.2, 0.25) is 0 Å². The van der Waals surface area contributed by atoms with Crippen molar-refractivity contribution in [2.45, 2.75) is 83.3 Å². The third kappa shape index (κ3) is 4.09. The van der Waals surface area contributed by atoms with E-state index in [2.05, 4.69) is 5.32 Å². The van der Waals surface area contributed by atoms with Crippen LogP contribution in [0.15, 0.2) is 0 Å². The quantitative estimate of drug-likeness (QED) is 0.624. The van der Waals surface area contributed by atoms with Crippen LogP contribution >= 0.6 is 0 Å². The van der Waals surface area contributed by atoms with E-state index in [1.54, 1.807) is 41.5 Å². The topological polar surface area (TPSA) is 77.2 Å². The fraction of sp³-hybridized carbons (Fsp3) is 0.867. The average molecular weight is 299 g/mol. The minimum atomic E-state index is -1.04. The van der Waals surface area contributed by atoms with Gasteiger partial charge in [-0.25, -0.2) is 9.59 Å². The second-order valence-electron chi connectivity index (χ2n) is 7.83. The highest BCUT2D eigenvalue weighted by Gasteiger charge is 2.61. The summed E-state index contributed by atoms with van der Waals surface area (Å²) in [7, 11) is 0. The van der Waals surface area contributed by atoms with E-state index in [1.165, 1.54) is 0 Å². The number of epoxide rings is 1. The molecule has 2 atom stereocenters. The standard InChI is InChI=1S/C15H25NO5/c1-13(2,3)20-11(17)15(7-9-10(8-15)19-9)16-12(18)21-14(4,5)6/h9-10H,7-8H2,1-6H3,(H,16,18)/t9-,10-/m0/s1. The second-order valence-corrected chi connectivity index (χ2v) is 7.83. The first kappa shape index (κ1) is 16.1. The number of carbonyl (C=O) groups is 2. The molecule has 2 fully saturated rings. The molecular formula is C15H25NO5. The van der Waals surface area contributed by atoms with E-state index < -0.39 is 28.8 Å². The van der Waals surface area contributed by atoms with Crippen LogP contribution < -0.4 is 5.32 Å². The molecule has 1 amide bonds. The zero-order valence-electron chi connectivity index (χ0n) is 13.6. The van der Waals surface area contributed by atoms with E-state index in [0.29, 0.717) is 12.8 Å². The Kier molecular flexibility index (Phi) is 3.72. The van der Waals surface area contributed by atoms with Crippen molar-refractivity contribution in [3.63, 3.8) is 0 Å². The third-order valence-corrected chi connectivity index (χ3v) is 3.32. The van der Waals surface area contributed by atoms with Crippen molar-refractivity contribution < 1.29 is 23.8 Å². The van der Waals surface area contributed by atoms with Crippen molar-refractivity contribution in [1.29, 1.82) is 0 Å². The van der Waals surface area contributed by atoms with Crippen LogP contribution in [0, 0.1) is 0 Å². The summed E-state index contributed by atoms with van der Waals surface area (Å²) in [6.07, 6.45) is 0.340. The molecule has 0 radical (unpaired) electrons. The summed E-state index contributed by atoms with van der Waals surface area (Å²) in [6, 6.07) is 0. The zero-order valence-corrected chi connectivity index (χ0v) is 13.6. The van der Waals surface area contributed by atoms with E-state index in [0.717, 1.165) is 0 Å². The third-order valence-electron chi connectivity index (χ3n) is 3.32. The molecule has 1 aliphatic carbocycles. The van der Waals surface area contributed by atoms with Gasteiger partial charge in [-0.3, -0.25) is 0 Å². The molecule has 0 aromatic carbocycles. The summed E-state index contributed by atoms with van der Waals surface area (Å²) in [5.41, 5.74) is -2.26. The van der Waals surface area contributed by atoms with E-state index >= 15 is 0 Å². The van der Waals surface area contributed by atoms with Crippen LogP contribution in [0.25, 0.3) is 0 Å².